The van der Waals surface area contributed by atoms with Crippen LogP contribution in [0.1, 0.15) is 5.56 Å². The predicted octanol–water partition coefficient (Wildman–Crippen LogP) is 1.13. The van der Waals surface area contributed by atoms with E-state index in [0.717, 1.165) is 23.4 Å². The van der Waals surface area contributed by atoms with Crippen LogP contribution in [0.15, 0.2) is 54.9 Å². The van der Waals surface area contributed by atoms with Gasteiger partial charge >= 0.3 is 5.97 Å². The molecule has 1 aromatic heterocycles. The SMILES string of the molecule is O=C(O)/C=C/C(=O)NCc1ccccc1-n1cccn1. The zero-order chi connectivity index (χ0) is 14.4. The Morgan fingerprint density at radius 2 is 2.05 bits per heavy atom. The van der Waals surface area contributed by atoms with Gasteiger partial charge in [-0.2, -0.15) is 5.10 Å². The van der Waals surface area contributed by atoms with E-state index < -0.39 is 11.9 Å². The van der Waals surface area contributed by atoms with Gasteiger partial charge in [0, 0.05) is 31.1 Å². The van der Waals surface area contributed by atoms with Crippen molar-refractivity contribution in [3.05, 3.63) is 60.4 Å². The number of benzene rings is 1. The van der Waals surface area contributed by atoms with E-state index in [1.54, 1.807) is 10.9 Å². The number of hydrogen-bond donors (Lipinski definition) is 2. The van der Waals surface area contributed by atoms with Gasteiger partial charge in [0.15, 0.2) is 0 Å². The third-order valence-electron chi connectivity index (χ3n) is 2.57. The third-order valence-corrected chi connectivity index (χ3v) is 2.57. The Balaban J connectivity index is 2.07. The van der Waals surface area contributed by atoms with Crippen molar-refractivity contribution in [3.63, 3.8) is 0 Å². The molecule has 0 spiro atoms. The predicted molar refractivity (Wildman–Crippen MR) is 72.2 cm³/mol. The lowest BCUT2D eigenvalue weighted by atomic mass is 10.2. The first-order valence-electron chi connectivity index (χ1n) is 5.93. The highest BCUT2D eigenvalue weighted by atomic mass is 16.4. The standard InChI is InChI=1S/C14H13N3O3/c18-13(6-7-14(19)20)15-10-11-4-1-2-5-12(11)17-9-3-8-16-17/h1-9H,10H2,(H,15,18)(H,19,20)/b7-6+. The highest BCUT2D eigenvalue weighted by Crippen LogP contribution is 2.12. The first-order chi connectivity index (χ1) is 9.66. The number of rotatable bonds is 5. The molecule has 0 radical (unpaired) electrons. The fourth-order valence-corrected chi connectivity index (χ4v) is 1.68. The second-order valence-electron chi connectivity index (χ2n) is 3.97. The molecule has 0 aliphatic heterocycles. The summed E-state index contributed by atoms with van der Waals surface area (Å²) in [4.78, 5) is 21.7. The maximum atomic E-state index is 11.4. The Morgan fingerprint density at radius 1 is 1.25 bits per heavy atom. The van der Waals surface area contributed by atoms with Crippen LogP contribution in [0.4, 0.5) is 0 Å². The molecule has 2 aromatic rings. The highest BCUT2D eigenvalue weighted by molar-refractivity contribution is 5.93. The van der Waals surface area contributed by atoms with Crippen molar-refractivity contribution in [3.8, 4) is 5.69 Å². The molecule has 2 N–H and O–H groups in total. The number of para-hydroxylation sites is 1. The van der Waals surface area contributed by atoms with Crippen LogP contribution in [0.3, 0.4) is 0 Å². The van der Waals surface area contributed by atoms with E-state index in [-0.39, 0.29) is 0 Å². The van der Waals surface area contributed by atoms with Crippen molar-refractivity contribution in [1.82, 2.24) is 15.1 Å². The van der Waals surface area contributed by atoms with E-state index in [9.17, 15) is 9.59 Å². The zero-order valence-corrected chi connectivity index (χ0v) is 10.6. The Bertz CT molecular complexity index is 633. The molecule has 0 unspecified atom stereocenters. The van der Waals surface area contributed by atoms with Crippen molar-refractivity contribution in [2.24, 2.45) is 0 Å². The molecule has 0 fully saturated rings. The van der Waals surface area contributed by atoms with E-state index in [4.69, 9.17) is 5.11 Å². The first-order valence-corrected chi connectivity index (χ1v) is 5.93. The van der Waals surface area contributed by atoms with Gasteiger partial charge < -0.3 is 10.4 Å². The van der Waals surface area contributed by atoms with Crippen LogP contribution in [-0.4, -0.2) is 26.8 Å². The van der Waals surface area contributed by atoms with Gasteiger partial charge in [-0.3, -0.25) is 4.79 Å². The molecule has 6 nitrogen and oxygen atoms in total. The molecule has 0 saturated carbocycles. The average molecular weight is 271 g/mol. The molecule has 1 heterocycles. The van der Waals surface area contributed by atoms with Crippen LogP contribution in [0.25, 0.3) is 5.69 Å². The molecule has 102 valence electrons. The molecule has 0 atom stereocenters. The number of nitrogens with one attached hydrogen (secondary N) is 1. The second kappa shape index (κ2) is 6.33. The number of amides is 1. The summed E-state index contributed by atoms with van der Waals surface area (Å²) in [6, 6.07) is 9.32. The Morgan fingerprint density at radius 3 is 2.75 bits per heavy atom. The molecular formula is C14H13N3O3. The quantitative estimate of drug-likeness (QED) is 0.798. The van der Waals surface area contributed by atoms with Crippen molar-refractivity contribution >= 4 is 11.9 Å². The number of aromatic nitrogens is 2. The van der Waals surface area contributed by atoms with Crippen molar-refractivity contribution in [2.45, 2.75) is 6.54 Å². The van der Waals surface area contributed by atoms with E-state index in [2.05, 4.69) is 10.4 Å². The van der Waals surface area contributed by atoms with Gasteiger partial charge in [-0.05, 0) is 17.7 Å². The molecule has 20 heavy (non-hydrogen) atoms. The lowest BCUT2D eigenvalue weighted by molar-refractivity contribution is -0.131. The van der Waals surface area contributed by atoms with Crippen molar-refractivity contribution in [1.29, 1.82) is 0 Å². The van der Waals surface area contributed by atoms with Crippen LogP contribution in [0.5, 0.6) is 0 Å². The van der Waals surface area contributed by atoms with Crippen molar-refractivity contribution < 1.29 is 14.7 Å². The van der Waals surface area contributed by atoms with Crippen LogP contribution in [-0.2, 0) is 16.1 Å². The summed E-state index contributed by atoms with van der Waals surface area (Å²) < 4.78 is 1.70. The lowest BCUT2D eigenvalue weighted by Crippen LogP contribution is -2.21. The number of nitrogens with zero attached hydrogens (tertiary/aromatic N) is 2. The van der Waals surface area contributed by atoms with Gasteiger partial charge in [0.1, 0.15) is 0 Å². The monoisotopic (exact) mass is 271 g/mol. The van der Waals surface area contributed by atoms with Gasteiger partial charge in [0.2, 0.25) is 5.91 Å². The second-order valence-corrected chi connectivity index (χ2v) is 3.97. The Labute approximate surface area is 115 Å². The fraction of sp³-hybridized carbons (Fsp3) is 0.0714. The average Bonchev–Trinajstić information content (AvgIpc) is 2.97. The minimum Gasteiger partial charge on any atom is -0.478 e. The summed E-state index contributed by atoms with van der Waals surface area (Å²) in [6.45, 7) is 0.291. The van der Waals surface area contributed by atoms with Gasteiger partial charge in [0.05, 0.1) is 5.69 Å². The topological polar surface area (TPSA) is 84.2 Å². The lowest BCUT2D eigenvalue weighted by Gasteiger charge is -2.09. The molecule has 0 aliphatic carbocycles. The van der Waals surface area contributed by atoms with E-state index in [1.165, 1.54) is 0 Å². The Hall–Kier alpha value is -2.89. The van der Waals surface area contributed by atoms with Gasteiger partial charge in [-0.25, -0.2) is 9.48 Å². The summed E-state index contributed by atoms with van der Waals surface area (Å²) in [5, 5.41) is 15.2. The molecule has 0 aliphatic rings. The minimum atomic E-state index is -1.16. The number of carboxylic acid groups (broad SMARTS) is 1. The van der Waals surface area contributed by atoms with Crippen LogP contribution < -0.4 is 5.32 Å². The summed E-state index contributed by atoms with van der Waals surface area (Å²) >= 11 is 0. The van der Waals surface area contributed by atoms with Crippen LogP contribution in [0, 0.1) is 0 Å². The molecule has 0 saturated heterocycles. The normalized spacial score (nSPS) is 10.6. The van der Waals surface area contributed by atoms with Gasteiger partial charge in [-0.15, -0.1) is 0 Å². The Kier molecular flexibility index (Phi) is 4.28. The molecule has 1 aromatic carbocycles. The summed E-state index contributed by atoms with van der Waals surface area (Å²) in [7, 11) is 0. The largest absolute Gasteiger partial charge is 0.478 e. The zero-order valence-electron chi connectivity index (χ0n) is 10.6. The molecule has 6 heteroatoms. The maximum absolute atomic E-state index is 11.4. The number of carboxylic acids is 1. The molecular weight excluding hydrogens is 258 g/mol. The van der Waals surface area contributed by atoms with E-state index >= 15 is 0 Å². The number of carbonyl (C=O) groups is 2. The number of carbonyl (C=O) groups excluding carboxylic acids is 1. The number of hydrogen-bond acceptors (Lipinski definition) is 3. The maximum Gasteiger partial charge on any atom is 0.328 e. The fourth-order valence-electron chi connectivity index (χ4n) is 1.68. The van der Waals surface area contributed by atoms with Crippen molar-refractivity contribution in [2.75, 3.05) is 0 Å². The van der Waals surface area contributed by atoms with Crippen LogP contribution in [0.2, 0.25) is 0 Å². The number of aliphatic carboxylic acids is 1. The summed E-state index contributed by atoms with van der Waals surface area (Å²) in [6.07, 6.45) is 5.27. The van der Waals surface area contributed by atoms with E-state index in [1.807, 2.05) is 36.5 Å². The summed E-state index contributed by atoms with van der Waals surface area (Å²) in [5.41, 5.74) is 1.74. The molecule has 2 rings (SSSR count). The molecule has 1 amide bonds. The van der Waals surface area contributed by atoms with E-state index in [0.29, 0.717) is 6.54 Å². The third kappa shape index (κ3) is 3.55. The molecule has 0 bridgehead atoms. The van der Waals surface area contributed by atoms with Gasteiger partial charge in [0.25, 0.3) is 0 Å². The summed E-state index contributed by atoms with van der Waals surface area (Å²) in [5.74, 6) is -1.61. The highest BCUT2D eigenvalue weighted by Gasteiger charge is 2.05. The smallest absolute Gasteiger partial charge is 0.328 e. The first kappa shape index (κ1) is 13.5. The minimum absolute atomic E-state index is 0.291. The van der Waals surface area contributed by atoms with Crippen LogP contribution >= 0.6 is 0 Å². The van der Waals surface area contributed by atoms with Gasteiger partial charge in [-0.1, -0.05) is 18.2 Å².